The van der Waals surface area contributed by atoms with Crippen LogP contribution in [0, 0.1) is 13.8 Å². The minimum absolute atomic E-state index is 0.204. The van der Waals surface area contributed by atoms with E-state index in [-0.39, 0.29) is 5.91 Å². The first kappa shape index (κ1) is 20.2. The summed E-state index contributed by atoms with van der Waals surface area (Å²) in [4.78, 5) is 19.0. The SMILES string of the molecule is Cc1cn2c(C(=O)NCc3ccc(-c4ccc(C(F)(F)F)cc4)cc3)c(C)nc2s1. The Morgan fingerprint density at radius 3 is 2.23 bits per heavy atom. The van der Waals surface area contributed by atoms with Crippen molar-refractivity contribution in [1.29, 1.82) is 0 Å². The topological polar surface area (TPSA) is 46.4 Å². The Bertz CT molecular complexity index is 1210. The first-order chi connectivity index (χ1) is 14.2. The average molecular weight is 429 g/mol. The van der Waals surface area contributed by atoms with Gasteiger partial charge in [0.1, 0.15) is 5.69 Å². The van der Waals surface area contributed by atoms with Crippen molar-refractivity contribution >= 4 is 22.2 Å². The van der Waals surface area contributed by atoms with Gasteiger partial charge in [-0.2, -0.15) is 13.2 Å². The Morgan fingerprint density at radius 2 is 1.63 bits per heavy atom. The first-order valence-corrected chi connectivity index (χ1v) is 10.0. The van der Waals surface area contributed by atoms with Crippen molar-refractivity contribution in [2.45, 2.75) is 26.6 Å². The van der Waals surface area contributed by atoms with Crippen molar-refractivity contribution < 1.29 is 18.0 Å². The number of imidazole rings is 1. The maximum absolute atomic E-state index is 12.7. The highest BCUT2D eigenvalue weighted by atomic mass is 32.1. The highest BCUT2D eigenvalue weighted by Crippen LogP contribution is 2.31. The Morgan fingerprint density at radius 1 is 1.03 bits per heavy atom. The van der Waals surface area contributed by atoms with Gasteiger partial charge in [-0.05, 0) is 42.7 Å². The number of hydrogen-bond donors (Lipinski definition) is 1. The molecule has 30 heavy (non-hydrogen) atoms. The van der Waals surface area contributed by atoms with E-state index in [0.29, 0.717) is 23.5 Å². The van der Waals surface area contributed by atoms with Crippen molar-refractivity contribution in [1.82, 2.24) is 14.7 Å². The van der Waals surface area contributed by atoms with Crippen LogP contribution in [-0.4, -0.2) is 15.3 Å². The number of amides is 1. The zero-order valence-electron chi connectivity index (χ0n) is 16.2. The second-order valence-corrected chi connectivity index (χ2v) is 8.21. The van der Waals surface area contributed by atoms with Crippen LogP contribution in [0.1, 0.15) is 32.2 Å². The van der Waals surface area contributed by atoms with Gasteiger partial charge in [0.25, 0.3) is 5.91 Å². The summed E-state index contributed by atoms with van der Waals surface area (Å²) in [5.74, 6) is -0.204. The van der Waals surface area contributed by atoms with E-state index in [0.717, 1.165) is 33.1 Å². The highest BCUT2D eigenvalue weighted by Gasteiger charge is 2.29. The van der Waals surface area contributed by atoms with E-state index in [1.165, 1.54) is 23.5 Å². The number of alkyl halides is 3. The summed E-state index contributed by atoms with van der Waals surface area (Å²) in [6, 6.07) is 12.4. The molecule has 2 aromatic heterocycles. The predicted molar refractivity (Wildman–Crippen MR) is 111 cm³/mol. The molecule has 0 aliphatic carbocycles. The van der Waals surface area contributed by atoms with Crippen LogP contribution in [0.4, 0.5) is 13.2 Å². The molecule has 4 nitrogen and oxygen atoms in total. The maximum atomic E-state index is 12.7. The lowest BCUT2D eigenvalue weighted by molar-refractivity contribution is -0.137. The van der Waals surface area contributed by atoms with Crippen molar-refractivity contribution in [2.75, 3.05) is 0 Å². The smallest absolute Gasteiger partial charge is 0.347 e. The number of carbonyl (C=O) groups is 1. The van der Waals surface area contributed by atoms with Gasteiger partial charge < -0.3 is 5.32 Å². The quantitative estimate of drug-likeness (QED) is 0.457. The van der Waals surface area contributed by atoms with Gasteiger partial charge in [0, 0.05) is 17.6 Å². The fourth-order valence-electron chi connectivity index (χ4n) is 3.27. The van der Waals surface area contributed by atoms with Gasteiger partial charge >= 0.3 is 6.18 Å². The molecule has 0 bridgehead atoms. The Balaban J connectivity index is 1.45. The molecule has 0 saturated carbocycles. The van der Waals surface area contributed by atoms with Gasteiger partial charge in [-0.25, -0.2) is 4.98 Å². The van der Waals surface area contributed by atoms with E-state index in [1.807, 2.05) is 44.3 Å². The van der Waals surface area contributed by atoms with E-state index < -0.39 is 11.7 Å². The molecule has 2 aromatic carbocycles. The molecule has 0 aliphatic heterocycles. The number of nitrogens with one attached hydrogen (secondary N) is 1. The minimum Gasteiger partial charge on any atom is -0.347 e. The van der Waals surface area contributed by atoms with Crippen LogP contribution in [0.5, 0.6) is 0 Å². The molecular formula is C22H18F3N3OS. The Kier molecular flexibility index (Phi) is 5.11. The van der Waals surface area contributed by atoms with E-state index in [2.05, 4.69) is 10.3 Å². The highest BCUT2D eigenvalue weighted by molar-refractivity contribution is 7.17. The van der Waals surface area contributed by atoms with Crippen LogP contribution in [0.2, 0.25) is 0 Å². The van der Waals surface area contributed by atoms with E-state index in [1.54, 1.807) is 4.40 Å². The molecule has 2 heterocycles. The summed E-state index contributed by atoms with van der Waals surface area (Å²) in [7, 11) is 0. The van der Waals surface area contributed by atoms with Crippen LogP contribution in [0.3, 0.4) is 0 Å². The molecule has 4 aromatic rings. The molecule has 8 heteroatoms. The lowest BCUT2D eigenvalue weighted by Crippen LogP contribution is -2.24. The monoisotopic (exact) mass is 429 g/mol. The van der Waals surface area contributed by atoms with Crippen LogP contribution in [-0.2, 0) is 12.7 Å². The lowest BCUT2D eigenvalue weighted by atomic mass is 10.0. The zero-order chi connectivity index (χ0) is 21.5. The number of benzene rings is 2. The van der Waals surface area contributed by atoms with Crippen molar-refractivity contribution in [3.63, 3.8) is 0 Å². The predicted octanol–water partition coefficient (Wildman–Crippen LogP) is 5.63. The summed E-state index contributed by atoms with van der Waals surface area (Å²) in [6.07, 6.45) is -2.45. The summed E-state index contributed by atoms with van der Waals surface area (Å²) < 4.78 is 39.9. The van der Waals surface area contributed by atoms with Gasteiger partial charge in [0.15, 0.2) is 4.96 Å². The molecule has 0 radical (unpaired) electrons. The van der Waals surface area contributed by atoms with Crippen molar-refractivity contribution in [3.8, 4) is 11.1 Å². The molecule has 0 spiro atoms. The standard InChI is InChI=1S/C22H18F3N3OS/c1-13-12-28-19(14(2)27-21(28)30-13)20(29)26-11-15-3-5-16(6-4-15)17-7-9-18(10-8-17)22(23,24)25/h3-10,12H,11H2,1-2H3,(H,26,29). The number of fused-ring (bicyclic) bond motifs is 1. The normalized spacial score (nSPS) is 11.8. The second kappa shape index (κ2) is 7.60. The third-order valence-electron chi connectivity index (χ3n) is 4.78. The Labute approximate surface area is 175 Å². The van der Waals surface area contributed by atoms with E-state index >= 15 is 0 Å². The number of hydrogen-bond acceptors (Lipinski definition) is 3. The molecule has 0 saturated heterocycles. The zero-order valence-corrected chi connectivity index (χ0v) is 17.1. The molecule has 0 aliphatic rings. The molecule has 0 unspecified atom stereocenters. The molecular weight excluding hydrogens is 411 g/mol. The number of aryl methyl sites for hydroxylation is 2. The van der Waals surface area contributed by atoms with Gasteiger partial charge in [-0.15, -0.1) is 11.3 Å². The largest absolute Gasteiger partial charge is 0.416 e. The molecule has 154 valence electrons. The lowest BCUT2D eigenvalue weighted by Gasteiger charge is -2.09. The van der Waals surface area contributed by atoms with E-state index in [9.17, 15) is 18.0 Å². The molecule has 0 fully saturated rings. The first-order valence-electron chi connectivity index (χ1n) is 9.22. The summed E-state index contributed by atoms with van der Waals surface area (Å²) >= 11 is 1.53. The van der Waals surface area contributed by atoms with Gasteiger partial charge in [-0.1, -0.05) is 36.4 Å². The number of nitrogens with zero attached hydrogens (tertiary/aromatic N) is 2. The third kappa shape index (κ3) is 3.95. The summed E-state index contributed by atoms with van der Waals surface area (Å²) in [6.45, 7) is 4.11. The maximum Gasteiger partial charge on any atom is 0.416 e. The van der Waals surface area contributed by atoms with Crippen LogP contribution >= 0.6 is 11.3 Å². The van der Waals surface area contributed by atoms with Gasteiger partial charge in [0.2, 0.25) is 0 Å². The van der Waals surface area contributed by atoms with E-state index in [4.69, 9.17) is 0 Å². The molecule has 4 rings (SSSR count). The van der Waals surface area contributed by atoms with Crippen LogP contribution in [0.15, 0.2) is 54.7 Å². The number of carbonyl (C=O) groups excluding carboxylic acids is 1. The van der Waals surface area contributed by atoms with Crippen molar-refractivity contribution in [2.24, 2.45) is 0 Å². The Hall–Kier alpha value is -3.13. The fourth-order valence-corrected chi connectivity index (χ4v) is 4.14. The second-order valence-electron chi connectivity index (χ2n) is 6.99. The van der Waals surface area contributed by atoms with Crippen LogP contribution in [0.25, 0.3) is 16.1 Å². The van der Waals surface area contributed by atoms with Gasteiger partial charge in [0.05, 0.1) is 11.3 Å². The minimum atomic E-state index is -4.35. The number of rotatable bonds is 4. The van der Waals surface area contributed by atoms with Gasteiger partial charge in [-0.3, -0.25) is 9.20 Å². The molecule has 0 atom stereocenters. The third-order valence-corrected chi connectivity index (χ3v) is 5.68. The molecule has 1 amide bonds. The van der Waals surface area contributed by atoms with Crippen LogP contribution < -0.4 is 5.32 Å². The number of halogens is 3. The number of aromatic nitrogens is 2. The average Bonchev–Trinajstić information content (AvgIpc) is 3.20. The molecule has 1 N–H and O–H groups in total. The number of thiazole rings is 1. The van der Waals surface area contributed by atoms with Crippen molar-refractivity contribution in [3.05, 3.63) is 82.1 Å². The summed E-state index contributed by atoms with van der Waals surface area (Å²) in [5, 5.41) is 2.91. The fraction of sp³-hybridized carbons (Fsp3) is 0.182. The summed E-state index contributed by atoms with van der Waals surface area (Å²) in [5.41, 5.74) is 2.92.